The number of carbonyl (C=O) groups excluding carboxylic acids is 1. The maximum atomic E-state index is 13.4. The van der Waals surface area contributed by atoms with Crippen LogP contribution in [0.2, 0.25) is 0 Å². The Balaban J connectivity index is 1.56. The third kappa shape index (κ3) is 3.85. The average molecular weight is 387 g/mol. The van der Waals surface area contributed by atoms with Gasteiger partial charge in [-0.3, -0.25) is 4.79 Å². The van der Waals surface area contributed by atoms with Crippen LogP contribution in [0.3, 0.4) is 0 Å². The van der Waals surface area contributed by atoms with Crippen LogP contribution in [0, 0.1) is 11.3 Å². The van der Waals surface area contributed by atoms with Gasteiger partial charge in [-0.2, -0.15) is 5.26 Å². The van der Waals surface area contributed by atoms with E-state index in [2.05, 4.69) is 11.1 Å². The fourth-order valence-corrected chi connectivity index (χ4v) is 3.63. The van der Waals surface area contributed by atoms with Crippen LogP contribution in [-0.2, 0) is 0 Å². The lowest BCUT2D eigenvalue weighted by atomic mass is 10.0. The number of fused-ring (bicyclic) bond motifs is 1. The topological polar surface area (TPSA) is 75.4 Å². The maximum Gasteiger partial charge on any atom is 0.258 e. The first kappa shape index (κ1) is 18.8. The molecule has 1 aliphatic heterocycles. The van der Waals surface area contributed by atoms with Crippen LogP contribution in [-0.4, -0.2) is 41.6 Å². The van der Waals surface area contributed by atoms with E-state index in [1.165, 1.54) is 0 Å². The highest BCUT2D eigenvalue weighted by Crippen LogP contribution is 2.31. The molecule has 1 amide bonds. The predicted molar refractivity (Wildman–Crippen MR) is 109 cm³/mol. The van der Waals surface area contributed by atoms with Gasteiger partial charge >= 0.3 is 0 Å². The second-order valence-corrected chi connectivity index (χ2v) is 6.87. The molecule has 1 atom stereocenters. The third-order valence-electron chi connectivity index (χ3n) is 4.99. The van der Waals surface area contributed by atoms with Crippen molar-refractivity contribution in [1.82, 2.24) is 9.88 Å². The minimum absolute atomic E-state index is 0.0601. The number of likely N-dealkylation sites (tertiary alicyclic amines) is 1. The summed E-state index contributed by atoms with van der Waals surface area (Å²) in [7, 11) is 0. The Hall–Kier alpha value is -3.59. The Bertz CT molecular complexity index is 1090. The third-order valence-corrected chi connectivity index (χ3v) is 4.99. The average Bonchev–Trinajstić information content (AvgIpc) is 3.22. The van der Waals surface area contributed by atoms with E-state index in [0.717, 1.165) is 10.8 Å². The van der Waals surface area contributed by atoms with Crippen LogP contribution in [0.5, 0.6) is 11.6 Å². The Labute approximate surface area is 169 Å². The SMILES string of the molecule is CCOc1ccc2ccccc2c1C(=O)N1CCC(Oc2cc(C#N)ccn2)C1. The summed E-state index contributed by atoms with van der Waals surface area (Å²) in [6, 6.07) is 17.0. The zero-order chi connectivity index (χ0) is 20.2. The molecule has 0 spiro atoms. The number of pyridine rings is 1. The van der Waals surface area contributed by atoms with Crippen molar-refractivity contribution in [2.24, 2.45) is 0 Å². The lowest BCUT2D eigenvalue weighted by Gasteiger charge is -2.20. The zero-order valence-electron chi connectivity index (χ0n) is 16.2. The summed E-state index contributed by atoms with van der Waals surface area (Å²) in [6.45, 7) is 3.46. The largest absolute Gasteiger partial charge is 0.493 e. The molecule has 3 aromatic rings. The first-order valence-corrected chi connectivity index (χ1v) is 9.66. The van der Waals surface area contributed by atoms with Gasteiger partial charge in [0.2, 0.25) is 5.88 Å². The fraction of sp³-hybridized carbons (Fsp3) is 0.261. The van der Waals surface area contributed by atoms with Crippen LogP contribution in [0.1, 0.15) is 29.3 Å². The van der Waals surface area contributed by atoms with Gasteiger partial charge in [-0.05, 0) is 29.8 Å². The van der Waals surface area contributed by atoms with Gasteiger partial charge in [-0.15, -0.1) is 0 Å². The number of hydrogen-bond acceptors (Lipinski definition) is 5. The van der Waals surface area contributed by atoms with Crippen molar-refractivity contribution in [3.8, 4) is 17.7 Å². The number of amides is 1. The summed E-state index contributed by atoms with van der Waals surface area (Å²) < 4.78 is 11.7. The van der Waals surface area contributed by atoms with Gasteiger partial charge in [-0.1, -0.05) is 30.3 Å². The van der Waals surface area contributed by atoms with Crippen molar-refractivity contribution < 1.29 is 14.3 Å². The van der Waals surface area contributed by atoms with Gasteiger partial charge < -0.3 is 14.4 Å². The van der Waals surface area contributed by atoms with Crippen LogP contribution in [0.25, 0.3) is 10.8 Å². The molecule has 0 saturated carbocycles. The van der Waals surface area contributed by atoms with E-state index < -0.39 is 0 Å². The van der Waals surface area contributed by atoms with Crippen LogP contribution in [0.15, 0.2) is 54.7 Å². The van der Waals surface area contributed by atoms with E-state index in [0.29, 0.717) is 48.9 Å². The molecule has 1 aliphatic rings. The van der Waals surface area contributed by atoms with Gasteiger partial charge in [0, 0.05) is 25.2 Å². The quantitative estimate of drug-likeness (QED) is 0.666. The second-order valence-electron chi connectivity index (χ2n) is 6.87. The predicted octanol–water partition coefficient (Wildman–Crippen LogP) is 3.80. The number of aromatic nitrogens is 1. The molecule has 0 aliphatic carbocycles. The summed E-state index contributed by atoms with van der Waals surface area (Å²) >= 11 is 0. The molecular formula is C23H21N3O3. The van der Waals surface area contributed by atoms with Crippen LogP contribution in [0.4, 0.5) is 0 Å². The molecule has 1 saturated heterocycles. The summed E-state index contributed by atoms with van der Waals surface area (Å²) in [5.74, 6) is 0.947. The molecule has 1 unspecified atom stereocenters. The van der Waals surface area contributed by atoms with E-state index in [4.69, 9.17) is 14.7 Å². The van der Waals surface area contributed by atoms with Gasteiger partial charge in [0.1, 0.15) is 11.9 Å². The Morgan fingerprint density at radius 2 is 2.14 bits per heavy atom. The van der Waals surface area contributed by atoms with E-state index in [1.807, 2.05) is 43.3 Å². The van der Waals surface area contributed by atoms with Crippen molar-refractivity contribution >= 4 is 16.7 Å². The molecule has 146 valence electrons. The number of nitriles is 1. The Morgan fingerprint density at radius 3 is 2.97 bits per heavy atom. The summed E-state index contributed by atoms with van der Waals surface area (Å²) in [5, 5.41) is 10.9. The van der Waals surface area contributed by atoms with E-state index in [9.17, 15) is 4.79 Å². The molecule has 6 heteroatoms. The van der Waals surface area contributed by atoms with Gasteiger partial charge in [0.05, 0.1) is 30.3 Å². The molecule has 1 fully saturated rings. The minimum Gasteiger partial charge on any atom is -0.493 e. The highest BCUT2D eigenvalue weighted by molar-refractivity contribution is 6.09. The molecule has 2 heterocycles. The van der Waals surface area contributed by atoms with Crippen molar-refractivity contribution in [3.63, 3.8) is 0 Å². The number of hydrogen-bond donors (Lipinski definition) is 0. The van der Waals surface area contributed by atoms with Gasteiger partial charge in [-0.25, -0.2) is 4.98 Å². The molecule has 2 aromatic carbocycles. The number of rotatable bonds is 5. The molecule has 6 nitrogen and oxygen atoms in total. The molecule has 4 rings (SSSR count). The monoisotopic (exact) mass is 387 g/mol. The first-order valence-electron chi connectivity index (χ1n) is 9.66. The Kier molecular flexibility index (Phi) is 5.30. The number of nitrogens with zero attached hydrogens (tertiary/aromatic N) is 3. The molecular weight excluding hydrogens is 366 g/mol. The Morgan fingerprint density at radius 1 is 1.28 bits per heavy atom. The lowest BCUT2D eigenvalue weighted by molar-refractivity contribution is 0.0769. The molecule has 0 N–H and O–H groups in total. The summed E-state index contributed by atoms with van der Waals surface area (Å²) in [5.41, 5.74) is 1.09. The minimum atomic E-state index is -0.161. The molecule has 0 radical (unpaired) electrons. The molecule has 29 heavy (non-hydrogen) atoms. The molecule has 0 bridgehead atoms. The van der Waals surface area contributed by atoms with E-state index in [-0.39, 0.29) is 12.0 Å². The van der Waals surface area contributed by atoms with Crippen molar-refractivity contribution in [3.05, 3.63) is 65.9 Å². The van der Waals surface area contributed by atoms with E-state index in [1.54, 1.807) is 23.2 Å². The van der Waals surface area contributed by atoms with Crippen LogP contribution < -0.4 is 9.47 Å². The number of ether oxygens (including phenoxy) is 2. The maximum absolute atomic E-state index is 13.4. The first-order chi connectivity index (χ1) is 14.2. The van der Waals surface area contributed by atoms with Crippen molar-refractivity contribution in [1.29, 1.82) is 5.26 Å². The van der Waals surface area contributed by atoms with Crippen molar-refractivity contribution in [2.45, 2.75) is 19.4 Å². The summed E-state index contributed by atoms with van der Waals surface area (Å²) in [6.07, 6.45) is 2.10. The van der Waals surface area contributed by atoms with Gasteiger partial charge in [0.15, 0.2) is 0 Å². The van der Waals surface area contributed by atoms with Gasteiger partial charge in [0.25, 0.3) is 5.91 Å². The molecule has 1 aromatic heterocycles. The highest BCUT2D eigenvalue weighted by atomic mass is 16.5. The number of carbonyl (C=O) groups is 1. The fourth-order valence-electron chi connectivity index (χ4n) is 3.63. The summed E-state index contributed by atoms with van der Waals surface area (Å²) in [4.78, 5) is 19.3. The zero-order valence-corrected chi connectivity index (χ0v) is 16.2. The lowest BCUT2D eigenvalue weighted by Crippen LogP contribution is -2.31. The standard InChI is InChI=1S/C23H21N3O3/c1-2-28-20-8-7-17-5-3-4-6-19(17)22(20)23(27)26-12-10-18(15-26)29-21-13-16(14-24)9-11-25-21/h3-9,11,13,18H,2,10,12,15H2,1H3. The van der Waals surface area contributed by atoms with E-state index >= 15 is 0 Å². The highest BCUT2D eigenvalue weighted by Gasteiger charge is 2.31. The van der Waals surface area contributed by atoms with Crippen LogP contribution >= 0.6 is 0 Å². The van der Waals surface area contributed by atoms with Crippen molar-refractivity contribution in [2.75, 3.05) is 19.7 Å². The second kappa shape index (κ2) is 8.19. The number of benzene rings is 2. The smallest absolute Gasteiger partial charge is 0.258 e. The normalized spacial score (nSPS) is 15.9.